The van der Waals surface area contributed by atoms with Crippen molar-refractivity contribution in [1.29, 1.82) is 0 Å². The van der Waals surface area contributed by atoms with Crippen molar-refractivity contribution in [1.82, 2.24) is 0 Å². The summed E-state index contributed by atoms with van der Waals surface area (Å²) in [5.74, 6) is 7.95. The Labute approximate surface area is 114 Å². The molecule has 0 radical (unpaired) electrons. The van der Waals surface area contributed by atoms with Gasteiger partial charge in [0.2, 0.25) is 0 Å². The van der Waals surface area contributed by atoms with Gasteiger partial charge in [-0.1, -0.05) is 30.9 Å². The SMILES string of the molecule is CCCC#Cc1ccccc1N=Cc1ccc(C)o1. The van der Waals surface area contributed by atoms with Gasteiger partial charge in [0.1, 0.15) is 11.5 Å². The number of unbranched alkanes of at least 4 members (excludes halogenated alkanes) is 1. The van der Waals surface area contributed by atoms with Gasteiger partial charge in [-0.05, 0) is 37.6 Å². The second-order valence-electron chi connectivity index (χ2n) is 4.28. The number of hydrogen-bond donors (Lipinski definition) is 0. The van der Waals surface area contributed by atoms with Crippen LogP contribution in [0, 0.1) is 18.8 Å². The molecule has 0 saturated carbocycles. The van der Waals surface area contributed by atoms with Crippen molar-refractivity contribution in [3.63, 3.8) is 0 Å². The Kier molecular flexibility index (Phi) is 4.58. The average molecular weight is 251 g/mol. The first-order valence-electron chi connectivity index (χ1n) is 6.48. The van der Waals surface area contributed by atoms with Crippen LogP contribution in [0.5, 0.6) is 0 Å². The van der Waals surface area contributed by atoms with E-state index in [4.69, 9.17) is 4.42 Å². The molecule has 0 unspecified atom stereocenters. The molecule has 1 aromatic carbocycles. The highest BCUT2D eigenvalue weighted by atomic mass is 16.3. The van der Waals surface area contributed by atoms with E-state index in [9.17, 15) is 0 Å². The Hall–Kier alpha value is -2.27. The van der Waals surface area contributed by atoms with Crippen LogP contribution < -0.4 is 0 Å². The topological polar surface area (TPSA) is 25.5 Å². The third kappa shape index (κ3) is 3.86. The van der Waals surface area contributed by atoms with Gasteiger partial charge in [-0.3, -0.25) is 4.99 Å². The molecule has 2 aromatic rings. The van der Waals surface area contributed by atoms with E-state index < -0.39 is 0 Å². The van der Waals surface area contributed by atoms with Gasteiger partial charge >= 0.3 is 0 Å². The van der Waals surface area contributed by atoms with Crippen molar-refractivity contribution in [3.8, 4) is 11.8 Å². The van der Waals surface area contributed by atoms with Crippen molar-refractivity contribution in [2.45, 2.75) is 26.7 Å². The van der Waals surface area contributed by atoms with Crippen LogP contribution >= 0.6 is 0 Å². The summed E-state index contributed by atoms with van der Waals surface area (Å²) in [6, 6.07) is 11.7. The van der Waals surface area contributed by atoms with E-state index in [1.54, 1.807) is 6.21 Å². The molecular formula is C17H17NO. The Morgan fingerprint density at radius 3 is 2.79 bits per heavy atom. The predicted octanol–water partition coefficient (Wildman–Crippen LogP) is 4.49. The van der Waals surface area contributed by atoms with Gasteiger partial charge in [0.25, 0.3) is 0 Å². The lowest BCUT2D eigenvalue weighted by Crippen LogP contribution is -1.79. The minimum Gasteiger partial charge on any atom is -0.460 e. The molecule has 1 heterocycles. The summed E-state index contributed by atoms with van der Waals surface area (Å²) in [7, 11) is 0. The van der Waals surface area contributed by atoms with Gasteiger partial charge in [-0.15, -0.1) is 0 Å². The monoisotopic (exact) mass is 251 g/mol. The molecule has 0 fully saturated rings. The molecule has 0 bridgehead atoms. The molecule has 96 valence electrons. The first-order chi connectivity index (χ1) is 9.29. The summed E-state index contributed by atoms with van der Waals surface area (Å²) in [6.07, 6.45) is 3.72. The normalized spacial score (nSPS) is 10.4. The maximum Gasteiger partial charge on any atom is 0.145 e. The van der Waals surface area contributed by atoms with Gasteiger partial charge in [0, 0.05) is 6.42 Å². The molecular weight excluding hydrogens is 234 g/mol. The molecule has 0 saturated heterocycles. The van der Waals surface area contributed by atoms with Crippen molar-refractivity contribution in [2.24, 2.45) is 4.99 Å². The summed E-state index contributed by atoms with van der Waals surface area (Å²) in [5.41, 5.74) is 1.83. The van der Waals surface area contributed by atoms with Crippen LogP contribution in [0.3, 0.4) is 0 Å². The maximum atomic E-state index is 5.46. The van der Waals surface area contributed by atoms with Gasteiger partial charge in [-0.2, -0.15) is 0 Å². The number of para-hydroxylation sites is 1. The molecule has 0 atom stereocenters. The van der Waals surface area contributed by atoms with E-state index >= 15 is 0 Å². The standard InChI is InChI=1S/C17H17NO/c1-3-4-5-8-15-9-6-7-10-17(15)18-13-16-12-11-14(2)19-16/h6-7,9-13H,3-4H2,1-2H3. The van der Waals surface area contributed by atoms with Gasteiger partial charge in [0.05, 0.1) is 17.5 Å². The van der Waals surface area contributed by atoms with Crippen LogP contribution in [0.15, 0.2) is 45.8 Å². The van der Waals surface area contributed by atoms with Crippen molar-refractivity contribution in [2.75, 3.05) is 0 Å². The van der Waals surface area contributed by atoms with Crippen molar-refractivity contribution < 1.29 is 4.42 Å². The minimum absolute atomic E-state index is 0.758. The Bertz CT molecular complexity index is 626. The van der Waals surface area contributed by atoms with Crippen LogP contribution in [0.25, 0.3) is 0 Å². The van der Waals surface area contributed by atoms with E-state index in [1.807, 2.05) is 43.3 Å². The number of aliphatic imine (C=N–C) groups is 1. The highest BCUT2D eigenvalue weighted by Crippen LogP contribution is 2.17. The number of hydrogen-bond acceptors (Lipinski definition) is 2. The quantitative estimate of drug-likeness (QED) is 0.583. The predicted molar refractivity (Wildman–Crippen MR) is 78.9 cm³/mol. The summed E-state index contributed by atoms with van der Waals surface area (Å²) in [6.45, 7) is 4.04. The number of aryl methyl sites for hydroxylation is 1. The van der Waals surface area contributed by atoms with Crippen LogP contribution in [0.2, 0.25) is 0 Å². The maximum absolute atomic E-state index is 5.46. The number of rotatable bonds is 3. The van der Waals surface area contributed by atoms with Crippen LogP contribution in [-0.4, -0.2) is 6.21 Å². The number of furan rings is 1. The number of nitrogens with zero attached hydrogens (tertiary/aromatic N) is 1. The molecule has 2 nitrogen and oxygen atoms in total. The molecule has 19 heavy (non-hydrogen) atoms. The Morgan fingerprint density at radius 1 is 1.21 bits per heavy atom. The summed E-state index contributed by atoms with van der Waals surface area (Å²) in [4.78, 5) is 4.45. The zero-order valence-electron chi connectivity index (χ0n) is 11.3. The molecule has 0 amide bonds. The lowest BCUT2D eigenvalue weighted by molar-refractivity contribution is 0.528. The fraction of sp³-hybridized carbons (Fsp3) is 0.235. The lowest BCUT2D eigenvalue weighted by Gasteiger charge is -1.96. The average Bonchev–Trinajstić information content (AvgIpc) is 2.84. The molecule has 0 aliphatic rings. The smallest absolute Gasteiger partial charge is 0.145 e. The van der Waals surface area contributed by atoms with Crippen molar-refractivity contribution >= 4 is 11.9 Å². The van der Waals surface area contributed by atoms with Crippen LogP contribution in [-0.2, 0) is 0 Å². The first kappa shape index (κ1) is 13.2. The molecule has 2 heteroatoms. The highest BCUT2D eigenvalue weighted by molar-refractivity contribution is 5.79. The third-order valence-corrected chi connectivity index (χ3v) is 2.59. The van der Waals surface area contributed by atoms with Gasteiger partial charge in [0.15, 0.2) is 0 Å². The molecule has 0 spiro atoms. The summed E-state index contributed by atoms with van der Waals surface area (Å²) < 4.78 is 5.46. The first-order valence-corrected chi connectivity index (χ1v) is 6.48. The van der Waals surface area contributed by atoms with E-state index in [1.165, 1.54) is 0 Å². The van der Waals surface area contributed by atoms with E-state index in [2.05, 4.69) is 23.8 Å². The Morgan fingerprint density at radius 2 is 2.05 bits per heavy atom. The minimum atomic E-state index is 0.758. The second-order valence-corrected chi connectivity index (χ2v) is 4.28. The van der Waals surface area contributed by atoms with Gasteiger partial charge < -0.3 is 4.42 Å². The zero-order valence-corrected chi connectivity index (χ0v) is 11.3. The van der Waals surface area contributed by atoms with Crippen molar-refractivity contribution in [3.05, 3.63) is 53.5 Å². The van der Waals surface area contributed by atoms with Crippen LogP contribution in [0.4, 0.5) is 5.69 Å². The fourth-order valence-corrected chi connectivity index (χ4v) is 1.63. The molecule has 2 rings (SSSR count). The van der Waals surface area contributed by atoms with E-state index in [0.717, 1.165) is 35.6 Å². The fourth-order valence-electron chi connectivity index (χ4n) is 1.63. The van der Waals surface area contributed by atoms with Gasteiger partial charge in [-0.25, -0.2) is 0 Å². The van der Waals surface area contributed by atoms with E-state index in [-0.39, 0.29) is 0 Å². The highest BCUT2D eigenvalue weighted by Gasteiger charge is 1.97. The molecule has 0 N–H and O–H groups in total. The summed E-state index contributed by atoms with van der Waals surface area (Å²) >= 11 is 0. The molecule has 0 aliphatic carbocycles. The molecule has 0 aliphatic heterocycles. The van der Waals surface area contributed by atoms with Crippen LogP contribution in [0.1, 0.15) is 36.8 Å². The number of benzene rings is 1. The second kappa shape index (κ2) is 6.61. The lowest BCUT2D eigenvalue weighted by atomic mass is 10.2. The zero-order chi connectivity index (χ0) is 13.5. The third-order valence-electron chi connectivity index (χ3n) is 2.59. The largest absolute Gasteiger partial charge is 0.460 e. The molecule has 1 aromatic heterocycles. The van der Waals surface area contributed by atoms with E-state index in [0.29, 0.717) is 0 Å². The Balaban J connectivity index is 2.21. The summed E-state index contributed by atoms with van der Waals surface area (Å²) in [5, 5.41) is 0.